The van der Waals surface area contributed by atoms with Gasteiger partial charge in [0.05, 0.1) is 5.70 Å². The van der Waals surface area contributed by atoms with E-state index in [1.54, 1.807) is 0 Å². The minimum Gasteiger partial charge on any atom is -0.252 e. The molecule has 0 aliphatic heterocycles. The highest BCUT2D eigenvalue weighted by Crippen LogP contribution is 2.50. The molecule has 60 heavy (non-hydrogen) atoms. The molecule has 0 bridgehead atoms. The first-order chi connectivity index (χ1) is 29.2. The molecule has 8 aromatic rings. The lowest BCUT2D eigenvalue weighted by molar-refractivity contribution is 0.660. The van der Waals surface area contributed by atoms with E-state index in [0.717, 1.165) is 29.0 Å². The van der Waals surface area contributed by atoms with Crippen molar-refractivity contribution in [1.82, 2.24) is 0 Å². The van der Waals surface area contributed by atoms with Crippen molar-refractivity contribution in [3.05, 3.63) is 227 Å². The monoisotopic (exact) mass is 773 g/mol. The number of rotatable bonds is 9. The molecule has 1 aliphatic carbocycles. The Morgan fingerprint density at radius 3 is 1.65 bits per heavy atom. The van der Waals surface area contributed by atoms with Crippen LogP contribution in [0.25, 0.3) is 66.6 Å². The molecule has 0 unspecified atom stereocenters. The molecule has 0 spiro atoms. The third-order valence-corrected chi connectivity index (χ3v) is 12.7. The molecule has 0 fully saturated rings. The molecule has 1 nitrogen and oxygen atoms in total. The molecule has 292 valence electrons. The Morgan fingerprint density at radius 1 is 0.500 bits per heavy atom. The van der Waals surface area contributed by atoms with Crippen LogP contribution < -0.4 is 0 Å². The highest BCUT2D eigenvalue weighted by molar-refractivity contribution is 6.07. The van der Waals surface area contributed by atoms with Crippen molar-refractivity contribution in [2.75, 3.05) is 0 Å². The van der Waals surface area contributed by atoms with Gasteiger partial charge in [0.25, 0.3) is 0 Å². The number of benzene rings is 8. The molecule has 0 saturated heterocycles. The maximum Gasteiger partial charge on any atom is 0.0711 e. The van der Waals surface area contributed by atoms with Crippen LogP contribution in [-0.4, -0.2) is 5.71 Å². The van der Waals surface area contributed by atoms with Gasteiger partial charge in [-0.3, -0.25) is 4.99 Å². The summed E-state index contributed by atoms with van der Waals surface area (Å²) in [4.78, 5) is 5.23. The average Bonchev–Trinajstić information content (AvgIpc) is 3.52. The summed E-state index contributed by atoms with van der Waals surface area (Å²) in [5.41, 5.74) is 22.1. The highest BCUT2D eigenvalue weighted by atomic mass is 14.8. The zero-order valence-corrected chi connectivity index (χ0v) is 35.6. The number of hydrogen-bond donors (Lipinski definition) is 0. The number of fused-ring (bicyclic) bond motifs is 4. The van der Waals surface area contributed by atoms with Gasteiger partial charge < -0.3 is 0 Å². The van der Waals surface area contributed by atoms with E-state index in [0.29, 0.717) is 0 Å². The van der Waals surface area contributed by atoms with Gasteiger partial charge in [-0.25, -0.2) is 0 Å². The second-order valence-electron chi connectivity index (χ2n) is 16.8. The topological polar surface area (TPSA) is 12.4 Å². The number of aliphatic imine (C=N–C) groups is 1. The largest absolute Gasteiger partial charge is 0.252 e. The molecule has 0 aromatic heterocycles. The van der Waals surface area contributed by atoms with E-state index in [-0.39, 0.29) is 5.41 Å². The predicted octanol–water partition coefficient (Wildman–Crippen LogP) is 16.2. The van der Waals surface area contributed by atoms with Crippen LogP contribution in [0.5, 0.6) is 0 Å². The predicted molar refractivity (Wildman–Crippen MR) is 259 cm³/mol. The van der Waals surface area contributed by atoms with E-state index in [2.05, 4.69) is 224 Å². The van der Waals surface area contributed by atoms with Crippen molar-refractivity contribution >= 4 is 27.8 Å². The lowest BCUT2D eigenvalue weighted by atomic mass is 9.81. The van der Waals surface area contributed by atoms with Crippen molar-refractivity contribution in [2.45, 2.75) is 53.4 Å². The van der Waals surface area contributed by atoms with Crippen LogP contribution in [0.3, 0.4) is 0 Å². The first-order valence-electron chi connectivity index (χ1n) is 21.3. The molecule has 8 aromatic carbocycles. The molecular weight excluding hydrogens is 723 g/mol. The van der Waals surface area contributed by atoms with E-state index in [1.165, 1.54) is 88.7 Å². The van der Waals surface area contributed by atoms with Gasteiger partial charge in [0.15, 0.2) is 0 Å². The molecule has 0 saturated carbocycles. The van der Waals surface area contributed by atoms with Crippen LogP contribution in [0.4, 0.5) is 0 Å². The van der Waals surface area contributed by atoms with Crippen LogP contribution >= 0.6 is 0 Å². The van der Waals surface area contributed by atoms with Crippen molar-refractivity contribution in [1.29, 1.82) is 0 Å². The number of allylic oxidation sites excluding steroid dienone is 3. The molecule has 0 atom stereocenters. The van der Waals surface area contributed by atoms with E-state index < -0.39 is 0 Å². The Bertz CT molecular complexity index is 2950. The fourth-order valence-electron chi connectivity index (χ4n) is 9.14. The minimum atomic E-state index is -0.0312. The molecule has 0 radical (unpaired) electrons. The summed E-state index contributed by atoms with van der Waals surface area (Å²) in [5.74, 6) is 0. The Morgan fingerprint density at radius 2 is 1.03 bits per heavy atom. The number of aryl methyl sites for hydroxylation is 1. The standard InChI is InChI=1S/C59H51N/c1-7-39(2)53(38-57(47-20-12-9-13-21-47)60-41(4)42-18-10-8-11-19-42)46-34-30-44(31-35-46)50-26-17-23-48-22-16-25-49(58(48)50)43-28-32-45(33-29-43)52-37-56-54(36-40(52)3)51-24-14-15-27-55(51)59(56,5)6/h8-38H,7H2,1-6H3/b53-39+,57-38-,60-41?. The fraction of sp³-hybridized carbons (Fsp3) is 0.136. The summed E-state index contributed by atoms with van der Waals surface area (Å²) >= 11 is 0. The molecule has 0 amide bonds. The van der Waals surface area contributed by atoms with Gasteiger partial charge in [-0.15, -0.1) is 0 Å². The van der Waals surface area contributed by atoms with Crippen LogP contribution in [0.1, 0.15) is 74.4 Å². The third-order valence-electron chi connectivity index (χ3n) is 12.7. The zero-order chi connectivity index (χ0) is 41.4. The van der Waals surface area contributed by atoms with Gasteiger partial charge in [0.1, 0.15) is 0 Å². The van der Waals surface area contributed by atoms with Crippen molar-refractivity contribution in [2.24, 2.45) is 4.99 Å². The quantitative estimate of drug-likeness (QED) is 0.102. The van der Waals surface area contributed by atoms with E-state index in [4.69, 9.17) is 4.99 Å². The maximum atomic E-state index is 5.23. The zero-order valence-electron chi connectivity index (χ0n) is 35.6. The van der Waals surface area contributed by atoms with Crippen LogP contribution in [0.15, 0.2) is 199 Å². The summed E-state index contributed by atoms with van der Waals surface area (Å²) < 4.78 is 0. The first-order valence-corrected chi connectivity index (χ1v) is 21.3. The van der Waals surface area contributed by atoms with Gasteiger partial charge in [-0.2, -0.15) is 0 Å². The van der Waals surface area contributed by atoms with Crippen molar-refractivity contribution in [3.63, 3.8) is 0 Å². The summed E-state index contributed by atoms with van der Waals surface area (Å²) in [5, 5.41) is 2.50. The maximum absolute atomic E-state index is 5.23. The van der Waals surface area contributed by atoms with Gasteiger partial charge in [0, 0.05) is 16.7 Å². The molecule has 0 N–H and O–H groups in total. The van der Waals surface area contributed by atoms with Crippen LogP contribution in [0, 0.1) is 6.92 Å². The normalized spacial score (nSPS) is 13.8. The van der Waals surface area contributed by atoms with Crippen LogP contribution in [0.2, 0.25) is 0 Å². The van der Waals surface area contributed by atoms with E-state index >= 15 is 0 Å². The number of hydrogen-bond acceptors (Lipinski definition) is 1. The van der Waals surface area contributed by atoms with Gasteiger partial charge >= 0.3 is 0 Å². The van der Waals surface area contributed by atoms with Crippen molar-refractivity contribution < 1.29 is 0 Å². The molecule has 1 aliphatic rings. The second kappa shape index (κ2) is 16.1. The SMILES string of the molecule is CC/C(C)=C(\C=C(/N=C(C)c1ccccc1)c1ccccc1)c1ccc(-c2cccc3cccc(-c4ccc(-c5cc6c(cc5C)-c5ccccc5C6(C)C)cc4)c23)cc1. The van der Waals surface area contributed by atoms with Gasteiger partial charge in [0.2, 0.25) is 0 Å². The van der Waals surface area contributed by atoms with Crippen molar-refractivity contribution in [3.8, 4) is 44.5 Å². The minimum absolute atomic E-state index is 0.0312. The lowest BCUT2D eigenvalue weighted by Gasteiger charge is -2.22. The molecular formula is C59H51N. The fourth-order valence-corrected chi connectivity index (χ4v) is 9.14. The van der Waals surface area contributed by atoms with E-state index in [1.807, 2.05) is 6.07 Å². The summed E-state index contributed by atoms with van der Waals surface area (Å²) in [7, 11) is 0. The summed E-state index contributed by atoms with van der Waals surface area (Å²) in [6, 6.07) is 66.4. The Hall–Kier alpha value is -6.83. The first kappa shape index (κ1) is 38.7. The highest BCUT2D eigenvalue weighted by Gasteiger charge is 2.35. The Balaban J connectivity index is 1.07. The second-order valence-corrected chi connectivity index (χ2v) is 16.8. The third kappa shape index (κ3) is 7.15. The molecule has 1 heteroatoms. The summed E-state index contributed by atoms with van der Waals surface area (Å²) in [6.45, 7) is 13.5. The summed E-state index contributed by atoms with van der Waals surface area (Å²) in [6.07, 6.45) is 3.22. The molecule has 0 heterocycles. The average molecular weight is 774 g/mol. The number of nitrogens with zero attached hydrogens (tertiary/aromatic N) is 1. The Labute approximate surface area is 356 Å². The van der Waals surface area contributed by atoms with Gasteiger partial charge in [-0.1, -0.05) is 202 Å². The smallest absolute Gasteiger partial charge is 0.0711 e. The van der Waals surface area contributed by atoms with E-state index in [9.17, 15) is 0 Å². The van der Waals surface area contributed by atoms with Crippen LogP contribution in [-0.2, 0) is 5.41 Å². The molecule has 9 rings (SSSR count). The lowest BCUT2D eigenvalue weighted by Crippen LogP contribution is -2.15. The van der Waals surface area contributed by atoms with Gasteiger partial charge in [-0.05, 0) is 128 Å². The Kier molecular flexibility index (Phi) is 10.4.